The largest absolute Gasteiger partial charge is 0.401 e. The van der Waals surface area contributed by atoms with Gasteiger partial charge in [-0.15, -0.1) is 0 Å². The average molecular weight is 408 g/mol. The number of nitriles is 1. The summed E-state index contributed by atoms with van der Waals surface area (Å²) in [5.74, 6) is -4.86. The number of nitrogens with zero attached hydrogens (tertiary/aromatic N) is 4. The molecular formula is C18H19F3N6O2. The molecule has 0 radical (unpaired) electrons. The van der Waals surface area contributed by atoms with Gasteiger partial charge in [0.25, 0.3) is 5.91 Å². The van der Waals surface area contributed by atoms with Gasteiger partial charge in [-0.2, -0.15) is 23.4 Å². The second-order valence-corrected chi connectivity index (χ2v) is 6.97. The Morgan fingerprint density at radius 1 is 1.31 bits per heavy atom. The summed E-state index contributed by atoms with van der Waals surface area (Å²) in [7, 11) is 0. The van der Waals surface area contributed by atoms with Crippen LogP contribution in [0.1, 0.15) is 18.4 Å². The van der Waals surface area contributed by atoms with E-state index >= 15 is 0 Å². The van der Waals surface area contributed by atoms with E-state index in [2.05, 4.69) is 9.98 Å². The zero-order valence-corrected chi connectivity index (χ0v) is 15.2. The number of pyridine rings is 1. The molecule has 0 spiro atoms. The smallest absolute Gasteiger partial charge is 0.398 e. The van der Waals surface area contributed by atoms with E-state index in [4.69, 9.17) is 16.7 Å². The number of allylic oxidation sites excluding steroid dienone is 1. The highest BCUT2D eigenvalue weighted by atomic mass is 19.4. The number of hydrogen-bond acceptors (Lipinski definition) is 7. The fourth-order valence-corrected chi connectivity index (χ4v) is 3.71. The number of alkyl halides is 3. The summed E-state index contributed by atoms with van der Waals surface area (Å²) in [6.07, 6.45) is -3.37. The zero-order valence-electron chi connectivity index (χ0n) is 15.2. The summed E-state index contributed by atoms with van der Waals surface area (Å²) >= 11 is 0. The van der Waals surface area contributed by atoms with Crippen LogP contribution >= 0.6 is 0 Å². The first-order chi connectivity index (χ1) is 13.6. The number of anilines is 1. The number of hydrogen-bond donors (Lipinski definition) is 3. The molecule has 2 aliphatic heterocycles. The minimum atomic E-state index is -4.90. The van der Waals surface area contributed by atoms with Gasteiger partial charge in [-0.3, -0.25) is 9.78 Å². The molecule has 1 aromatic heterocycles. The van der Waals surface area contributed by atoms with Crippen LogP contribution < -0.4 is 16.4 Å². The van der Waals surface area contributed by atoms with Crippen molar-refractivity contribution in [3.63, 3.8) is 0 Å². The number of aliphatic hydroxyl groups excluding tert-OH is 1. The van der Waals surface area contributed by atoms with Crippen LogP contribution in [0.25, 0.3) is 0 Å². The lowest BCUT2D eigenvalue weighted by molar-refractivity contribution is -0.190. The van der Waals surface area contributed by atoms with Gasteiger partial charge in [0.15, 0.2) is 6.10 Å². The summed E-state index contributed by atoms with van der Waals surface area (Å²) in [6, 6.07) is 3.69. The molecule has 5 N–H and O–H groups in total. The van der Waals surface area contributed by atoms with E-state index < -0.39 is 41.4 Å². The number of aliphatic hydroxyl groups is 1. The first kappa shape index (κ1) is 20.6. The van der Waals surface area contributed by atoms with Crippen LogP contribution in [0.2, 0.25) is 0 Å². The number of carbonyl (C=O) groups excluding carboxylic acids is 1. The molecule has 11 heteroatoms. The van der Waals surface area contributed by atoms with E-state index in [9.17, 15) is 23.1 Å². The molecule has 2 aliphatic rings. The molecule has 8 nitrogen and oxygen atoms in total. The number of rotatable bonds is 2. The maximum absolute atomic E-state index is 13.5. The Morgan fingerprint density at radius 2 is 1.97 bits per heavy atom. The second-order valence-electron chi connectivity index (χ2n) is 6.97. The lowest BCUT2D eigenvalue weighted by Crippen LogP contribution is -2.49. The summed E-state index contributed by atoms with van der Waals surface area (Å²) in [4.78, 5) is 20.8. The fourth-order valence-electron chi connectivity index (χ4n) is 3.71. The molecule has 0 bridgehead atoms. The van der Waals surface area contributed by atoms with Crippen LogP contribution in [0.15, 0.2) is 34.7 Å². The molecule has 0 aliphatic carbocycles. The summed E-state index contributed by atoms with van der Waals surface area (Å²) in [6.45, 7) is 0.953. The molecule has 1 aromatic rings. The zero-order chi connectivity index (χ0) is 21.3. The van der Waals surface area contributed by atoms with E-state index in [1.54, 1.807) is 12.3 Å². The molecular weight excluding hydrogens is 389 g/mol. The van der Waals surface area contributed by atoms with Gasteiger partial charge >= 0.3 is 6.18 Å². The Kier molecular flexibility index (Phi) is 5.48. The maximum atomic E-state index is 13.5. The third-order valence-electron chi connectivity index (χ3n) is 5.20. The first-order valence-corrected chi connectivity index (χ1v) is 8.86. The standard InChI is InChI=1S/C18H19F3N6O2/c19-18(20,21)13-12(16(24)26-17(29)15(13)28)14(23)10-1-3-27(4-2-10)11-5-9(6-22)7-25-8-11/h5,7-8,10,13,15,28H,1-4,23H2,(H2,24,26,29)/t13-,15-/m1/s1. The van der Waals surface area contributed by atoms with Crippen molar-refractivity contribution in [1.82, 2.24) is 4.98 Å². The fraction of sp³-hybridized carbons (Fsp3) is 0.444. The lowest BCUT2D eigenvalue weighted by atomic mass is 9.82. The summed E-state index contributed by atoms with van der Waals surface area (Å²) in [5, 5.41) is 18.8. The van der Waals surface area contributed by atoms with Crippen LogP contribution in [0, 0.1) is 23.2 Å². The van der Waals surface area contributed by atoms with Crippen molar-refractivity contribution in [3.05, 3.63) is 35.3 Å². The molecule has 3 heterocycles. The van der Waals surface area contributed by atoms with Gasteiger partial charge in [-0.1, -0.05) is 0 Å². The number of aromatic nitrogens is 1. The quantitative estimate of drug-likeness (QED) is 0.658. The molecule has 1 fully saturated rings. The minimum Gasteiger partial charge on any atom is -0.401 e. The molecule has 1 amide bonds. The van der Waals surface area contributed by atoms with Crippen molar-refractivity contribution in [2.24, 2.45) is 28.3 Å². The van der Waals surface area contributed by atoms with Gasteiger partial charge in [-0.05, 0) is 18.9 Å². The van der Waals surface area contributed by atoms with Crippen LogP contribution in [0.4, 0.5) is 18.9 Å². The number of halogens is 3. The Labute approximate surface area is 164 Å². The normalized spacial score (nSPS) is 25.4. The van der Waals surface area contributed by atoms with Gasteiger partial charge in [0.05, 0.1) is 17.4 Å². The monoisotopic (exact) mass is 408 g/mol. The van der Waals surface area contributed by atoms with E-state index in [0.717, 1.165) is 5.69 Å². The average Bonchev–Trinajstić information content (AvgIpc) is 2.69. The third kappa shape index (κ3) is 4.02. The Hall–Kier alpha value is -3.13. The number of aliphatic imine (C=N–C) groups is 1. The molecule has 0 saturated carbocycles. The van der Waals surface area contributed by atoms with Crippen molar-refractivity contribution in [2.45, 2.75) is 25.1 Å². The number of nitrogens with two attached hydrogens (primary N) is 2. The third-order valence-corrected chi connectivity index (χ3v) is 5.20. The molecule has 3 rings (SSSR count). The van der Waals surface area contributed by atoms with Crippen molar-refractivity contribution < 1.29 is 23.1 Å². The SMILES string of the molecule is N#Cc1cncc(N2CCC(C(N)=C3C(N)=NC(=O)[C@H](O)[C@@H]3C(F)(F)F)CC2)c1. The molecule has 2 atom stereocenters. The Morgan fingerprint density at radius 3 is 2.55 bits per heavy atom. The molecule has 154 valence electrons. The predicted molar refractivity (Wildman–Crippen MR) is 97.3 cm³/mol. The highest BCUT2D eigenvalue weighted by Crippen LogP contribution is 2.40. The summed E-state index contributed by atoms with van der Waals surface area (Å²) < 4.78 is 40.6. The maximum Gasteiger partial charge on any atom is 0.398 e. The van der Waals surface area contributed by atoms with Gasteiger partial charge in [0.2, 0.25) is 0 Å². The van der Waals surface area contributed by atoms with E-state index in [0.29, 0.717) is 31.5 Å². The number of carbonyl (C=O) groups is 1. The van der Waals surface area contributed by atoms with Gasteiger partial charge in [0.1, 0.15) is 17.8 Å². The van der Waals surface area contributed by atoms with Crippen LogP contribution in [0.5, 0.6) is 0 Å². The highest BCUT2D eigenvalue weighted by Gasteiger charge is 2.53. The Balaban J connectivity index is 1.85. The van der Waals surface area contributed by atoms with Crippen molar-refractivity contribution >= 4 is 17.4 Å². The van der Waals surface area contributed by atoms with E-state index in [1.165, 1.54) is 6.20 Å². The lowest BCUT2D eigenvalue weighted by Gasteiger charge is -2.36. The highest BCUT2D eigenvalue weighted by molar-refractivity contribution is 6.09. The van der Waals surface area contributed by atoms with Crippen molar-refractivity contribution in [1.29, 1.82) is 5.26 Å². The summed E-state index contributed by atoms with van der Waals surface area (Å²) in [5.41, 5.74) is 12.2. The second kappa shape index (κ2) is 7.71. The van der Waals surface area contributed by atoms with Crippen molar-refractivity contribution in [3.8, 4) is 6.07 Å². The number of amidine groups is 1. The van der Waals surface area contributed by atoms with Crippen LogP contribution in [0.3, 0.4) is 0 Å². The van der Waals surface area contributed by atoms with E-state index in [1.807, 2.05) is 11.0 Å². The van der Waals surface area contributed by atoms with Crippen LogP contribution in [-0.4, -0.2) is 47.2 Å². The van der Waals surface area contributed by atoms with Gasteiger partial charge < -0.3 is 21.5 Å². The number of amides is 1. The topological polar surface area (TPSA) is 142 Å². The minimum absolute atomic E-state index is 0.108. The van der Waals surface area contributed by atoms with E-state index in [-0.39, 0.29) is 5.70 Å². The first-order valence-electron chi connectivity index (χ1n) is 8.86. The van der Waals surface area contributed by atoms with Crippen LogP contribution in [-0.2, 0) is 4.79 Å². The van der Waals surface area contributed by atoms with Crippen molar-refractivity contribution in [2.75, 3.05) is 18.0 Å². The molecule has 29 heavy (non-hydrogen) atoms. The number of piperidine rings is 1. The molecule has 1 saturated heterocycles. The molecule has 0 unspecified atom stereocenters. The predicted octanol–water partition coefficient (Wildman–Crippen LogP) is 0.819. The van der Waals surface area contributed by atoms with Gasteiger partial charge in [-0.25, -0.2) is 0 Å². The van der Waals surface area contributed by atoms with Gasteiger partial charge in [0, 0.05) is 36.5 Å². The molecule has 0 aromatic carbocycles. The Bertz CT molecular complexity index is 913.